The van der Waals surface area contributed by atoms with Crippen LogP contribution in [0.1, 0.15) is 67.0 Å². The smallest absolute Gasteiger partial charge is 0.387 e. The van der Waals surface area contributed by atoms with Gasteiger partial charge in [-0.15, -0.1) is 0 Å². The van der Waals surface area contributed by atoms with Crippen LogP contribution in [0.2, 0.25) is 10.0 Å². The zero-order chi connectivity index (χ0) is 39.9. The maximum atomic E-state index is 13.7. The molecule has 302 valence electrons. The van der Waals surface area contributed by atoms with Gasteiger partial charge in [-0.2, -0.15) is 8.78 Å². The van der Waals surface area contributed by atoms with Crippen LogP contribution in [0.15, 0.2) is 84.9 Å². The number of piperidine rings is 3. The average Bonchev–Trinajstić information content (AvgIpc) is 4.05. The van der Waals surface area contributed by atoms with E-state index < -0.39 is 31.3 Å². The summed E-state index contributed by atoms with van der Waals surface area (Å²) in [5.74, 6) is -0.00844. The molecule has 9 nitrogen and oxygen atoms in total. The van der Waals surface area contributed by atoms with E-state index in [-0.39, 0.29) is 30.0 Å². The molecule has 57 heavy (non-hydrogen) atoms. The number of halogens is 4. The first kappa shape index (κ1) is 40.6. The minimum atomic E-state index is -3.05. The van der Waals surface area contributed by atoms with Crippen molar-refractivity contribution < 1.29 is 42.1 Å². The number of benzene rings is 4. The SMILES string of the molecule is CCc1cc(Cl)c(CC(OC(=O)COc2cccc(NC(C(=O)OC3CN4CCC3CC4)c3ccccc3)c2)c2ccc(OC(F)F)c(OCC3CC3)c2)c(Cl)c1. The Labute approximate surface area is 341 Å². The van der Waals surface area contributed by atoms with Crippen molar-refractivity contribution in [1.82, 2.24) is 4.90 Å². The Hall–Kier alpha value is -4.58. The molecule has 3 atom stereocenters. The van der Waals surface area contributed by atoms with E-state index in [1.807, 2.05) is 49.4 Å². The Morgan fingerprint density at radius 3 is 2.28 bits per heavy atom. The third-order valence-corrected chi connectivity index (χ3v) is 11.4. The van der Waals surface area contributed by atoms with Gasteiger partial charge in [0.2, 0.25) is 0 Å². The van der Waals surface area contributed by atoms with E-state index in [4.69, 9.17) is 46.9 Å². The van der Waals surface area contributed by atoms with Gasteiger partial charge in [-0.25, -0.2) is 9.59 Å². The first-order valence-electron chi connectivity index (χ1n) is 19.5. The second kappa shape index (κ2) is 18.8. The van der Waals surface area contributed by atoms with Crippen molar-refractivity contribution in [3.05, 3.63) is 117 Å². The molecule has 3 aliphatic heterocycles. The lowest BCUT2D eigenvalue weighted by molar-refractivity contribution is -0.160. The van der Waals surface area contributed by atoms with Crippen LogP contribution in [-0.2, 0) is 31.9 Å². The summed E-state index contributed by atoms with van der Waals surface area (Å²) in [5.41, 5.74) is 3.30. The van der Waals surface area contributed by atoms with Crippen molar-refractivity contribution in [3.63, 3.8) is 0 Å². The molecule has 0 amide bonds. The quantitative estimate of drug-likeness (QED) is 0.0985. The standard InChI is InChI=1S/C44H46Cl2F2N2O7/c1-2-27-19-35(45)34(36(46)20-27)23-38(31-13-14-37(57-44(47)48)39(21-31)54-25-28-11-12-28)55-41(51)26-53-33-10-6-9-32(22-33)49-42(30-7-4-3-5-8-30)43(52)56-40-24-50-17-15-29(40)16-18-50/h3-10,13-14,19-22,28-29,38,40,42,44,49H,2,11-12,15-18,23-26H2,1H3. The van der Waals surface area contributed by atoms with E-state index in [2.05, 4.69) is 10.2 Å². The first-order valence-corrected chi connectivity index (χ1v) is 20.2. The highest BCUT2D eigenvalue weighted by Crippen LogP contribution is 2.39. The van der Waals surface area contributed by atoms with Crippen LogP contribution in [0.25, 0.3) is 0 Å². The van der Waals surface area contributed by atoms with Crippen molar-refractivity contribution in [3.8, 4) is 17.2 Å². The van der Waals surface area contributed by atoms with Crippen molar-refractivity contribution in [2.75, 3.05) is 38.2 Å². The fraction of sp³-hybridized carbons (Fsp3) is 0.409. The Balaban J connectivity index is 1.06. The summed E-state index contributed by atoms with van der Waals surface area (Å²) >= 11 is 13.4. The molecule has 3 saturated heterocycles. The number of aryl methyl sites for hydroxylation is 1. The number of hydrogen-bond acceptors (Lipinski definition) is 9. The Morgan fingerprint density at radius 2 is 1.61 bits per heavy atom. The molecule has 1 N–H and O–H groups in total. The molecule has 4 aliphatic rings. The molecular formula is C44H46Cl2F2N2O7. The van der Waals surface area contributed by atoms with E-state index in [0.29, 0.717) is 51.1 Å². The van der Waals surface area contributed by atoms with Gasteiger partial charge >= 0.3 is 18.6 Å². The second-order valence-electron chi connectivity index (χ2n) is 14.8. The van der Waals surface area contributed by atoms with Crippen molar-refractivity contribution in [2.24, 2.45) is 11.8 Å². The number of fused-ring (bicyclic) bond motifs is 3. The largest absolute Gasteiger partial charge is 0.489 e. The summed E-state index contributed by atoms with van der Waals surface area (Å²) in [5, 5.41) is 4.14. The van der Waals surface area contributed by atoms with Gasteiger partial charge < -0.3 is 29.0 Å². The molecule has 13 heteroatoms. The lowest BCUT2D eigenvalue weighted by atomic mass is 9.86. The van der Waals surface area contributed by atoms with Gasteiger partial charge in [-0.3, -0.25) is 4.90 Å². The van der Waals surface area contributed by atoms with E-state index in [9.17, 15) is 18.4 Å². The molecule has 3 heterocycles. The molecule has 0 spiro atoms. The monoisotopic (exact) mass is 822 g/mol. The van der Waals surface area contributed by atoms with Crippen molar-refractivity contribution in [1.29, 1.82) is 0 Å². The summed E-state index contributed by atoms with van der Waals surface area (Å²) in [6.45, 7) is 1.64. The molecular weight excluding hydrogens is 777 g/mol. The number of ether oxygens (including phenoxy) is 5. The van der Waals surface area contributed by atoms with Crippen LogP contribution in [0, 0.1) is 11.8 Å². The molecule has 4 fully saturated rings. The predicted octanol–water partition coefficient (Wildman–Crippen LogP) is 9.64. The number of carbonyl (C=O) groups is 2. The number of nitrogens with one attached hydrogen (secondary N) is 1. The van der Waals surface area contributed by atoms with Crippen LogP contribution in [0.5, 0.6) is 17.2 Å². The third kappa shape index (κ3) is 10.9. The summed E-state index contributed by atoms with van der Waals surface area (Å²) in [7, 11) is 0. The molecule has 1 aliphatic carbocycles. The summed E-state index contributed by atoms with van der Waals surface area (Å²) in [4.78, 5) is 29.6. The summed E-state index contributed by atoms with van der Waals surface area (Å²) < 4.78 is 55.3. The van der Waals surface area contributed by atoms with Crippen LogP contribution in [0.4, 0.5) is 14.5 Å². The Kier molecular flexibility index (Phi) is 13.4. The van der Waals surface area contributed by atoms with Gasteiger partial charge in [0.15, 0.2) is 24.1 Å². The minimum absolute atomic E-state index is 0.0839. The maximum absolute atomic E-state index is 13.7. The number of rotatable bonds is 18. The number of alkyl halides is 2. The van der Waals surface area contributed by atoms with E-state index >= 15 is 0 Å². The second-order valence-corrected chi connectivity index (χ2v) is 15.6. The molecule has 8 rings (SSSR count). The zero-order valence-corrected chi connectivity index (χ0v) is 33.2. The average molecular weight is 824 g/mol. The van der Waals surface area contributed by atoms with Crippen LogP contribution in [0.3, 0.4) is 0 Å². The first-order chi connectivity index (χ1) is 27.6. The molecule has 0 radical (unpaired) electrons. The molecule has 2 bridgehead atoms. The van der Waals surface area contributed by atoms with E-state index in [1.165, 1.54) is 6.07 Å². The van der Waals surface area contributed by atoms with Gasteiger partial charge in [-0.1, -0.05) is 72.6 Å². The van der Waals surface area contributed by atoms with E-state index in [0.717, 1.165) is 62.9 Å². The fourth-order valence-corrected chi connectivity index (χ4v) is 8.04. The van der Waals surface area contributed by atoms with Crippen molar-refractivity contribution >= 4 is 40.8 Å². The Morgan fingerprint density at radius 1 is 0.860 bits per heavy atom. The highest BCUT2D eigenvalue weighted by Gasteiger charge is 2.38. The molecule has 1 saturated carbocycles. The van der Waals surface area contributed by atoms with Crippen molar-refractivity contribution in [2.45, 2.75) is 70.3 Å². The van der Waals surface area contributed by atoms with Gasteiger partial charge in [0, 0.05) is 34.8 Å². The zero-order valence-electron chi connectivity index (χ0n) is 31.6. The van der Waals surface area contributed by atoms with Crippen LogP contribution in [-0.4, -0.2) is 62.4 Å². The van der Waals surface area contributed by atoms with Gasteiger partial charge in [0.05, 0.1) is 6.61 Å². The topological polar surface area (TPSA) is 95.6 Å². The third-order valence-electron chi connectivity index (χ3n) is 10.7. The molecule has 4 aromatic rings. The van der Waals surface area contributed by atoms with Gasteiger partial charge in [0.25, 0.3) is 0 Å². The number of esters is 2. The normalized spacial score (nSPS) is 19.7. The molecule has 3 unspecified atom stereocenters. The van der Waals surface area contributed by atoms with Gasteiger partial charge in [-0.05, 0) is 116 Å². The van der Waals surface area contributed by atoms with Gasteiger partial charge in [0.1, 0.15) is 18.0 Å². The molecule has 4 aromatic carbocycles. The Bertz CT molecular complexity index is 1990. The number of hydrogen-bond donors (Lipinski definition) is 1. The maximum Gasteiger partial charge on any atom is 0.387 e. The molecule has 0 aromatic heterocycles. The van der Waals surface area contributed by atoms with Crippen LogP contribution >= 0.6 is 23.2 Å². The predicted molar refractivity (Wildman–Crippen MR) is 213 cm³/mol. The lowest BCUT2D eigenvalue weighted by Crippen LogP contribution is -2.52. The highest BCUT2D eigenvalue weighted by molar-refractivity contribution is 6.36. The lowest BCUT2D eigenvalue weighted by Gasteiger charge is -2.44. The fourth-order valence-electron chi connectivity index (χ4n) is 7.35. The van der Waals surface area contributed by atoms with E-state index in [1.54, 1.807) is 36.4 Å². The van der Waals surface area contributed by atoms with Crippen LogP contribution < -0.4 is 19.5 Å². The number of carbonyl (C=O) groups excluding carboxylic acids is 2. The highest BCUT2D eigenvalue weighted by atomic mass is 35.5. The summed E-state index contributed by atoms with van der Waals surface area (Å²) in [6, 6.07) is 23.7. The number of anilines is 1. The minimum Gasteiger partial charge on any atom is -0.489 e. The summed E-state index contributed by atoms with van der Waals surface area (Å²) in [6.07, 6.45) is 3.74. The number of nitrogens with zero attached hydrogens (tertiary/aromatic N) is 1.